The molecule has 226 valence electrons. The van der Waals surface area contributed by atoms with Crippen molar-refractivity contribution in [1.29, 1.82) is 0 Å². The molecule has 7 heteroatoms. The van der Waals surface area contributed by atoms with E-state index in [-0.39, 0.29) is 18.1 Å². The zero-order chi connectivity index (χ0) is 29.4. The van der Waals surface area contributed by atoms with E-state index in [0.29, 0.717) is 30.0 Å². The molecule has 0 unspecified atom stereocenters. The third-order valence-electron chi connectivity index (χ3n) is 9.74. The van der Waals surface area contributed by atoms with Crippen LogP contribution in [0.3, 0.4) is 0 Å². The second-order valence-corrected chi connectivity index (χ2v) is 13.1. The third-order valence-corrected chi connectivity index (χ3v) is 9.74. The number of likely N-dealkylation sites (tertiary alicyclic amines) is 1. The van der Waals surface area contributed by atoms with Crippen LogP contribution >= 0.6 is 0 Å². The van der Waals surface area contributed by atoms with Gasteiger partial charge in [-0.1, -0.05) is 25.8 Å². The number of nitrogens with zero attached hydrogens (tertiary/aromatic N) is 3. The van der Waals surface area contributed by atoms with Gasteiger partial charge in [0.25, 0.3) is 5.91 Å². The first-order valence-electron chi connectivity index (χ1n) is 16.3. The fraction of sp³-hybridized carbons (Fsp3) is 0.629. The summed E-state index contributed by atoms with van der Waals surface area (Å²) in [7, 11) is 1.38. The molecule has 0 radical (unpaired) electrons. The average Bonchev–Trinajstić information content (AvgIpc) is 3.79. The zero-order valence-electron chi connectivity index (χ0n) is 25.9. The van der Waals surface area contributed by atoms with Crippen molar-refractivity contribution in [2.45, 2.75) is 116 Å². The number of benzene rings is 1. The first-order valence-corrected chi connectivity index (χ1v) is 16.3. The molecule has 1 aromatic carbocycles. The van der Waals surface area contributed by atoms with E-state index in [2.05, 4.69) is 37.8 Å². The number of esters is 1. The lowest BCUT2D eigenvalue weighted by Crippen LogP contribution is -2.50. The molecule has 2 aliphatic carbocycles. The number of amides is 1. The molecule has 1 aromatic heterocycles. The van der Waals surface area contributed by atoms with Crippen LogP contribution in [-0.4, -0.2) is 65.6 Å². The lowest BCUT2D eigenvalue weighted by molar-refractivity contribution is 0.0542. The Kier molecular flexibility index (Phi) is 8.58. The fourth-order valence-corrected chi connectivity index (χ4v) is 7.11. The molecular weight excluding hydrogens is 526 g/mol. The van der Waals surface area contributed by atoms with Crippen LogP contribution in [0.5, 0.6) is 5.75 Å². The molecule has 1 saturated heterocycles. The lowest BCUT2D eigenvalue weighted by Gasteiger charge is -2.40. The molecule has 2 aromatic rings. The Morgan fingerprint density at radius 1 is 1.00 bits per heavy atom. The van der Waals surface area contributed by atoms with Crippen molar-refractivity contribution in [3.63, 3.8) is 0 Å². The highest BCUT2D eigenvalue weighted by Gasteiger charge is 2.35. The van der Waals surface area contributed by atoms with Crippen molar-refractivity contribution in [3.8, 4) is 5.75 Å². The van der Waals surface area contributed by atoms with Crippen LogP contribution in [0.4, 0.5) is 0 Å². The highest BCUT2D eigenvalue weighted by Crippen LogP contribution is 2.49. The van der Waals surface area contributed by atoms with Crippen molar-refractivity contribution >= 4 is 11.9 Å². The van der Waals surface area contributed by atoms with Gasteiger partial charge in [-0.3, -0.25) is 14.7 Å². The van der Waals surface area contributed by atoms with Crippen molar-refractivity contribution < 1.29 is 19.1 Å². The van der Waals surface area contributed by atoms with E-state index in [9.17, 15) is 9.59 Å². The van der Waals surface area contributed by atoms with Crippen LogP contribution < -0.4 is 4.74 Å². The summed E-state index contributed by atoms with van der Waals surface area (Å²) < 4.78 is 11.4. The van der Waals surface area contributed by atoms with Gasteiger partial charge in [0, 0.05) is 44.2 Å². The van der Waals surface area contributed by atoms with Crippen LogP contribution in [0, 0.1) is 0 Å². The minimum Gasteiger partial charge on any atom is -0.491 e. The SMILES string of the molecule is CCCc1nc2c(cc1C(=O)OC)C(=O)N(C1CCN(Cc3cc(C4CC4)c(C4CCC4)cc3OC(C)C)CC1)CC2. The van der Waals surface area contributed by atoms with E-state index in [1.54, 1.807) is 17.2 Å². The predicted molar refractivity (Wildman–Crippen MR) is 163 cm³/mol. The third kappa shape index (κ3) is 5.95. The standard InChI is InChI=1S/C35H47N3O4/c1-5-7-31-30(35(40)41-4)19-29-32(36-31)14-17-38(34(29)39)26-12-15-37(16-13-26)21-25-18-27(24-10-11-24)28(23-8-6-9-23)20-33(25)42-22(2)3/h18-20,22-24,26H,5-17,21H2,1-4H3. The highest BCUT2D eigenvalue weighted by molar-refractivity contribution is 6.00. The summed E-state index contributed by atoms with van der Waals surface area (Å²) in [6, 6.07) is 6.82. The van der Waals surface area contributed by atoms with E-state index in [0.717, 1.165) is 68.4 Å². The van der Waals surface area contributed by atoms with E-state index < -0.39 is 5.97 Å². The number of rotatable bonds is 10. The van der Waals surface area contributed by atoms with Crippen LogP contribution in [0.1, 0.15) is 133 Å². The Hall–Kier alpha value is -2.93. The molecule has 42 heavy (non-hydrogen) atoms. The smallest absolute Gasteiger partial charge is 0.339 e. The van der Waals surface area contributed by atoms with Gasteiger partial charge in [-0.05, 0) is 93.9 Å². The molecule has 0 atom stereocenters. The molecular formula is C35H47N3O4. The number of pyridine rings is 1. The maximum atomic E-state index is 13.7. The summed E-state index contributed by atoms with van der Waals surface area (Å²) >= 11 is 0. The van der Waals surface area contributed by atoms with Gasteiger partial charge in [0.05, 0.1) is 35.7 Å². The molecule has 3 heterocycles. The van der Waals surface area contributed by atoms with Gasteiger partial charge in [0.1, 0.15) is 5.75 Å². The van der Waals surface area contributed by atoms with Gasteiger partial charge in [0.15, 0.2) is 0 Å². The summed E-state index contributed by atoms with van der Waals surface area (Å²) in [4.78, 5) is 35.5. The minimum absolute atomic E-state index is 0.00341. The van der Waals surface area contributed by atoms with Gasteiger partial charge in [-0.2, -0.15) is 0 Å². The summed E-state index contributed by atoms with van der Waals surface area (Å²) in [5.74, 6) is 2.10. The maximum absolute atomic E-state index is 13.7. The van der Waals surface area contributed by atoms with Crippen molar-refractivity contribution in [2.75, 3.05) is 26.7 Å². The molecule has 0 bridgehead atoms. The normalized spacial score (nSPS) is 20.0. The number of hydrogen-bond donors (Lipinski definition) is 0. The second kappa shape index (κ2) is 12.4. The van der Waals surface area contributed by atoms with Crippen LogP contribution in [0.15, 0.2) is 18.2 Å². The molecule has 0 N–H and O–H groups in total. The van der Waals surface area contributed by atoms with E-state index >= 15 is 0 Å². The van der Waals surface area contributed by atoms with Gasteiger partial charge < -0.3 is 14.4 Å². The summed E-state index contributed by atoms with van der Waals surface area (Å²) in [5, 5.41) is 0. The molecule has 4 aliphatic rings. The quantitative estimate of drug-likeness (QED) is 0.306. The van der Waals surface area contributed by atoms with Gasteiger partial charge in [-0.25, -0.2) is 4.79 Å². The minimum atomic E-state index is -0.418. The molecule has 6 rings (SSSR count). The number of aryl methyl sites for hydroxylation is 1. The number of carbonyl (C=O) groups excluding carboxylic acids is 2. The molecule has 7 nitrogen and oxygen atoms in total. The number of fused-ring (bicyclic) bond motifs is 1. The number of aromatic nitrogens is 1. The first kappa shape index (κ1) is 29.2. The number of methoxy groups -OCH3 is 1. The Morgan fingerprint density at radius 3 is 2.33 bits per heavy atom. The Bertz CT molecular complexity index is 1320. The molecule has 2 aliphatic heterocycles. The van der Waals surface area contributed by atoms with Crippen LogP contribution in [-0.2, 0) is 24.1 Å². The largest absolute Gasteiger partial charge is 0.491 e. The van der Waals surface area contributed by atoms with E-state index in [1.807, 2.05) is 4.90 Å². The topological polar surface area (TPSA) is 72.0 Å². The maximum Gasteiger partial charge on any atom is 0.339 e. The number of piperidine rings is 1. The molecule has 1 amide bonds. The predicted octanol–water partition coefficient (Wildman–Crippen LogP) is 6.42. The average molecular weight is 574 g/mol. The number of hydrogen-bond acceptors (Lipinski definition) is 6. The highest BCUT2D eigenvalue weighted by atomic mass is 16.5. The van der Waals surface area contributed by atoms with Crippen LogP contribution in [0.25, 0.3) is 0 Å². The van der Waals surface area contributed by atoms with Gasteiger partial charge in [0.2, 0.25) is 0 Å². The van der Waals surface area contributed by atoms with E-state index in [4.69, 9.17) is 14.5 Å². The van der Waals surface area contributed by atoms with Gasteiger partial charge >= 0.3 is 5.97 Å². The van der Waals surface area contributed by atoms with Crippen molar-refractivity contribution in [3.05, 3.63) is 57.4 Å². The van der Waals surface area contributed by atoms with Crippen molar-refractivity contribution in [1.82, 2.24) is 14.8 Å². The summed E-state index contributed by atoms with van der Waals surface area (Å²) in [5.41, 5.74) is 7.01. The zero-order valence-corrected chi connectivity index (χ0v) is 25.9. The second-order valence-electron chi connectivity index (χ2n) is 13.1. The Labute approximate surface area is 251 Å². The fourth-order valence-electron chi connectivity index (χ4n) is 7.11. The molecule has 3 fully saturated rings. The number of ether oxygens (including phenoxy) is 2. The van der Waals surface area contributed by atoms with E-state index in [1.165, 1.54) is 44.8 Å². The van der Waals surface area contributed by atoms with Crippen LogP contribution in [0.2, 0.25) is 0 Å². The molecule has 0 spiro atoms. The van der Waals surface area contributed by atoms with Gasteiger partial charge in [-0.15, -0.1) is 0 Å². The van der Waals surface area contributed by atoms with Crippen molar-refractivity contribution in [2.24, 2.45) is 0 Å². The first-order chi connectivity index (χ1) is 20.4. The Balaban J connectivity index is 1.15. The summed E-state index contributed by atoms with van der Waals surface area (Å²) in [6.45, 7) is 9.79. The monoisotopic (exact) mass is 573 g/mol. The Morgan fingerprint density at radius 2 is 1.71 bits per heavy atom. The molecule has 2 saturated carbocycles. The summed E-state index contributed by atoms with van der Waals surface area (Å²) in [6.07, 6.45) is 11.0. The lowest BCUT2D eigenvalue weighted by atomic mass is 9.77. The number of carbonyl (C=O) groups is 2.